The van der Waals surface area contributed by atoms with Crippen molar-refractivity contribution >= 4 is 50.3 Å². The Labute approximate surface area is 183 Å². The van der Waals surface area contributed by atoms with E-state index >= 15 is 0 Å². The van der Waals surface area contributed by atoms with Crippen LogP contribution in [0.15, 0.2) is 63.4 Å². The number of hydrazone groups is 1. The van der Waals surface area contributed by atoms with Crippen LogP contribution in [0.25, 0.3) is 0 Å². The van der Waals surface area contributed by atoms with Crippen molar-refractivity contribution in [2.24, 2.45) is 5.10 Å². The lowest BCUT2D eigenvalue weighted by molar-refractivity contribution is 0.0698. The Morgan fingerprint density at radius 1 is 1.30 bits per heavy atom. The lowest BCUT2D eigenvalue weighted by Crippen LogP contribution is -2.26. The molecule has 0 radical (unpaired) electrons. The van der Waals surface area contributed by atoms with Crippen molar-refractivity contribution < 1.29 is 17.6 Å². The van der Waals surface area contributed by atoms with Crippen LogP contribution >= 0.6 is 22.9 Å². The summed E-state index contributed by atoms with van der Waals surface area (Å²) >= 11 is 7.28. The number of sulfonamides is 1. The van der Waals surface area contributed by atoms with E-state index in [0.29, 0.717) is 28.5 Å². The molecule has 4 rings (SSSR count). The lowest BCUT2D eigenvalue weighted by atomic mass is 10.0. The molecule has 0 fully saturated rings. The third-order valence-electron chi connectivity index (χ3n) is 4.62. The number of nitrogens with one attached hydrogen (secondary N) is 1. The minimum absolute atomic E-state index is 0.0252. The van der Waals surface area contributed by atoms with Gasteiger partial charge in [-0.2, -0.15) is 5.10 Å². The van der Waals surface area contributed by atoms with Gasteiger partial charge in [0.2, 0.25) is 10.0 Å². The molecular formula is C20H18ClN3O4S2. The van der Waals surface area contributed by atoms with Gasteiger partial charge >= 0.3 is 0 Å². The molecule has 0 unspecified atom stereocenters. The van der Waals surface area contributed by atoms with Crippen LogP contribution < -0.4 is 4.72 Å². The molecule has 1 aromatic carbocycles. The van der Waals surface area contributed by atoms with Crippen molar-refractivity contribution in [2.45, 2.75) is 19.4 Å². The molecule has 7 nitrogen and oxygen atoms in total. The Morgan fingerprint density at radius 2 is 2.13 bits per heavy atom. The van der Waals surface area contributed by atoms with Crippen molar-refractivity contribution in [3.63, 3.8) is 0 Å². The van der Waals surface area contributed by atoms with Crippen molar-refractivity contribution in [1.29, 1.82) is 0 Å². The molecule has 1 aliphatic rings. The minimum Gasteiger partial charge on any atom is -0.447 e. The van der Waals surface area contributed by atoms with E-state index in [1.54, 1.807) is 49.4 Å². The smallest absolute Gasteiger partial charge is 0.284 e. The number of benzene rings is 1. The molecule has 1 aliphatic heterocycles. The monoisotopic (exact) mass is 463 g/mol. The average molecular weight is 464 g/mol. The van der Waals surface area contributed by atoms with Gasteiger partial charge in [0.1, 0.15) is 11.8 Å². The zero-order chi connectivity index (χ0) is 21.3. The second-order valence-electron chi connectivity index (χ2n) is 6.62. The topological polar surface area (TPSA) is 92.0 Å². The third kappa shape index (κ3) is 4.28. The first kappa shape index (κ1) is 20.6. The minimum atomic E-state index is -3.40. The first-order valence-corrected chi connectivity index (χ1v) is 12.1. The Bertz CT molecular complexity index is 1200. The number of furan rings is 1. The van der Waals surface area contributed by atoms with E-state index in [2.05, 4.69) is 9.82 Å². The number of anilines is 1. The summed E-state index contributed by atoms with van der Waals surface area (Å²) in [5, 5.41) is 8.03. The molecular weight excluding hydrogens is 446 g/mol. The standard InChI is InChI=1S/C20H18ClN3O4S2/c1-2-30(26,27)23-14-6-3-5-13(11-14)15-12-16(17-8-9-19(21)28-17)24(22-15)20(25)18-7-4-10-29-18/h3-11,16,23H,2,12H2,1H3/t16-/m0/s1. The van der Waals surface area contributed by atoms with Gasteiger partial charge in [0, 0.05) is 12.1 Å². The Morgan fingerprint density at radius 3 is 2.80 bits per heavy atom. The van der Waals surface area contributed by atoms with Crippen LogP contribution in [0.3, 0.4) is 0 Å². The molecule has 156 valence electrons. The summed E-state index contributed by atoms with van der Waals surface area (Å²) < 4.78 is 31.9. The number of carbonyl (C=O) groups is 1. The van der Waals surface area contributed by atoms with Crippen LogP contribution in [0.4, 0.5) is 5.69 Å². The number of rotatable bonds is 6. The summed E-state index contributed by atoms with van der Waals surface area (Å²) in [5.74, 6) is 0.273. The molecule has 0 spiro atoms. The molecule has 2 aromatic heterocycles. The number of carbonyl (C=O) groups excluding carboxylic acids is 1. The number of amides is 1. The van der Waals surface area contributed by atoms with Gasteiger partial charge in [0.15, 0.2) is 5.22 Å². The highest BCUT2D eigenvalue weighted by Gasteiger charge is 2.36. The number of hydrogen-bond acceptors (Lipinski definition) is 6. The first-order valence-electron chi connectivity index (χ1n) is 9.17. The maximum Gasteiger partial charge on any atom is 0.284 e. The molecule has 1 amide bonds. The largest absolute Gasteiger partial charge is 0.447 e. The number of halogens is 1. The van der Waals surface area contributed by atoms with Crippen molar-refractivity contribution in [2.75, 3.05) is 10.5 Å². The number of hydrogen-bond donors (Lipinski definition) is 1. The zero-order valence-electron chi connectivity index (χ0n) is 15.9. The second-order valence-corrected chi connectivity index (χ2v) is 9.95. The molecule has 0 saturated heterocycles. The quantitative estimate of drug-likeness (QED) is 0.571. The van der Waals surface area contributed by atoms with Crippen LogP contribution in [-0.2, 0) is 10.0 Å². The lowest BCUT2D eigenvalue weighted by Gasteiger charge is -2.19. The SMILES string of the molecule is CCS(=O)(=O)Nc1cccc(C2=NN(C(=O)c3cccs3)[C@H](c3ccc(Cl)o3)C2)c1. The maximum atomic E-state index is 13.0. The summed E-state index contributed by atoms with van der Waals surface area (Å²) in [4.78, 5) is 13.6. The number of thiophene rings is 1. The summed E-state index contributed by atoms with van der Waals surface area (Å²) in [6, 6.07) is 13.4. The first-order chi connectivity index (χ1) is 14.4. The van der Waals surface area contributed by atoms with E-state index in [0.717, 1.165) is 5.56 Å². The Hall–Kier alpha value is -2.62. The highest BCUT2D eigenvalue weighted by Crippen LogP contribution is 2.36. The van der Waals surface area contributed by atoms with Gasteiger partial charge < -0.3 is 4.42 Å². The van der Waals surface area contributed by atoms with Gasteiger partial charge in [0.25, 0.3) is 5.91 Å². The predicted octanol–water partition coefficient (Wildman–Crippen LogP) is 4.75. The van der Waals surface area contributed by atoms with E-state index in [4.69, 9.17) is 16.0 Å². The van der Waals surface area contributed by atoms with Gasteiger partial charge in [-0.15, -0.1) is 11.3 Å². The summed E-state index contributed by atoms with van der Waals surface area (Å²) in [6.07, 6.45) is 0.408. The predicted molar refractivity (Wildman–Crippen MR) is 118 cm³/mol. The van der Waals surface area contributed by atoms with E-state index in [1.165, 1.54) is 16.3 Å². The molecule has 3 aromatic rings. The van der Waals surface area contributed by atoms with Gasteiger partial charge in [-0.05, 0) is 59.8 Å². The normalized spacial score (nSPS) is 16.5. The molecule has 0 bridgehead atoms. The molecule has 3 heterocycles. The molecule has 0 saturated carbocycles. The van der Waals surface area contributed by atoms with Gasteiger partial charge in [-0.1, -0.05) is 18.2 Å². The Kier molecular flexibility index (Phi) is 5.68. The zero-order valence-corrected chi connectivity index (χ0v) is 18.3. The highest BCUT2D eigenvalue weighted by molar-refractivity contribution is 7.92. The fourth-order valence-corrected chi connectivity index (χ4v) is 4.57. The molecule has 1 N–H and O–H groups in total. The van der Waals surface area contributed by atoms with Crippen LogP contribution in [-0.4, -0.2) is 30.8 Å². The molecule has 10 heteroatoms. The van der Waals surface area contributed by atoms with E-state index in [9.17, 15) is 13.2 Å². The van der Waals surface area contributed by atoms with Gasteiger partial charge in [-0.25, -0.2) is 13.4 Å². The average Bonchev–Trinajstić information content (AvgIpc) is 3.47. The van der Waals surface area contributed by atoms with Gasteiger partial charge in [0.05, 0.1) is 16.3 Å². The summed E-state index contributed by atoms with van der Waals surface area (Å²) in [6.45, 7) is 1.57. The van der Waals surface area contributed by atoms with Crippen molar-refractivity contribution in [3.05, 3.63) is 75.3 Å². The van der Waals surface area contributed by atoms with Crippen LogP contribution in [0, 0.1) is 0 Å². The highest BCUT2D eigenvalue weighted by atomic mass is 35.5. The van der Waals surface area contributed by atoms with Crippen LogP contribution in [0.5, 0.6) is 0 Å². The molecule has 1 atom stereocenters. The molecule has 30 heavy (non-hydrogen) atoms. The summed E-state index contributed by atoms with van der Waals surface area (Å²) in [7, 11) is -3.40. The van der Waals surface area contributed by atoms with Crippen LogP contribution in [0.1, 0.15) is 40.4 Å². The second kappa shape index (κ2) is 8.25. The molecule has 0 aliphatic carbocycles. The number of nitrogens with zero attached hydrogens (tertiary/aromatic N) is 2. The van der Waals surface area contributed by atoms with E-state index in [1.807, 2.05) is 11.4 Å². The summed E-state index contributed by atoms with van der Waals surface area (Å²) in [5.41, 5.74) is 1.81. The fourth-order valence-electron chi connectivity index (χ4n) is 3.13. The fraction of sp³-hybridized carbons (Fsp3) is 0.200. The van der Waals surface area contributed by atoms with Crippen LogP contribution in [0.2, 0.25) is 5.22 Å². The van der Waals surface area contributed by atoms with E-state index < -0.39 is 16.1 Å². The van der Waals surface area contributed by atoms with E-state index in [-0.39, 0.29) is 16.9 Å². The third-order valence-corrected chi connectivity index (χ3v) is 6.99. The Balaban J connectivity index is 1.68. The van der Waals surface area contributed by atoms with Gasteiger partial charge in [-0.3, -0.25) is 9.52 Å². The maximum absolute atomic E-state index is 13.0. The van der Waals surface area contributed by atoms with Crippen molar-refractivity contribution in [1.82, 2.24) is 5.01 Å². The van der Waals surface area contributed by atoms with Crippen molar-refractivity contribution in [3.8, 4) is 0 Å².